The van der Waals surface area contributed by atoms with Gasteiger partial charge in [0.15, 0.2) is 0 Å². The van der Waals surface area contributed by atoms with E-state index in [-0.39, 0.29) is 12.3 Å². The standard InChI is InChI=1S/C12H13BrN2O4S/c1-14-10-7-8(13)3-4-9(10)11(16)15(12(14)17)5-6-20(2,18)19/h3-4,7H,5-6H2,1-2H3. The average Bonchev–Trinajstić information content (AvgIpc) is 2.34. The van der Waals surface area contributed by atoms with E-state index in [1.165, 1.54) is 4.57 Å². The molecule has 0 N–H and O–H groups in total. The highest BCUT2D eigenvalue weighted by molar-refractivity contribution is 9.10. The number of hydrogen-bond donors (Lipinski definition) is 0. The summed E-state index contributed by atoms with van der Waals surface area (Å²) in [5.41, 5.74) is -0.492. The summed E-state index contributed by atoms with van der Waals surface area (Å²) < 4.78 is 25.4. The minimum atomic E-state index is -3.24. The van der Waals surface area contributed by atoms with E-state index in [1.54, 1.807) is 25.2 Å². The van der Waals surface area contributed by atoms with Crippen molar-refractivity contribution < 1.29 is 8.42 Å². The molecular weight excluding hydrogens is 348 g/mol. The van der Waals surface area contributed by atoms with Gasteiger partial charge >= 0.3 is 5.69 Å². The van der Waals surface area contributed by atoms with E-state index in [4.69, 9.17) is 0 Å². The van der Waals surface area contributed by atoms with Crippen molar-refractivity contribution in [1.82, 2.24) is 9.13 Å². The number of sulfone groups is 1. The van der Waals surface area contributed by atoms with Gasteiger partial charge in [0.05, 0.1) is 16.7 Å². The van der Waals surface area contributed by atoms with Gasteiger partial charge in [0.25, 0.3) is 5.56 Å². The number of fused-ring (bicyclic) bond motifs is 1. The number of aromatic nitrogens is 2. The van der Waals surface area contributed by atoms with E-state index in [2.05, 4.69) is 15.9 Å². The van der Waals surface area contributed by atoms with Crippen molar-refractivity contribution in [3.63, 3.8) is 0 Å². The van der Waals surface area contributed by atoms with Gasteiger partial charge in [-0.1, -0.05) is 15.9 Å². The Bertz CT molecular complexity index is 896. The molecule has 6 nitrogen and oxygen atoms in total. The largest absolute Gasteiger partial charge is 0.331 e. The van der Waals surface area contributed by atoms with E-state index >= 15 is 0 Å². The quantitative estimate of drug-likeness (QED) is 0.798. The summed E-state index contributed by atoms with van der Waals surface area (Å²) in [7, 11) is -1.69. The van der Waals surface area contributed by atoms with E-state index < -0.39 is 21.1 Å². The van der Waals surface area contributed by atoms with Crippen LogP contribution in [0, 0.1) is 0 Å². The van der Waals surface area contributed by atoms with Gasteiger partial charge in [-0.05, 0) is 18.2 Å². The lowest BCUT2D eigenvalue weighted by atomic mass is 10.2. The molecular formula is C12H13BrN2O4S. The second-order valence-corrected chi connectivity index (χ2v) is 7.77. The van der Waals surface area contributed by atoms with Crippen LogP contribution in [0.2, 0.25) is 0 Å². The molecule has 0 spiro atoms. The van der Waals surface area contributed by atoms with Gasteiger partial charge in [-0.3, -0.25) is 13.9 Å². The summed E-state index contributed by atoms with van der Waals surface area (Å²) in [6.07, 6.45) is 1.07. The molecule has 0 aliphatic rings. The van der Waals surface area contributed by atoms with Crippen molar-refractivity contribution in [1.29, 1.82) is 0 Å². The number of aryl methyl sites for hydroxylation is 1. The Balaban J connectivity index is 2.72. The third-order valence-corrected chi connectivity index (χ3v) is 4.42. The molecule has 0 fully saturated rings. The summed E-state index contributed by atoms with van der Waals surface area (Å²) in [5.74, 6) is -0.246. The van der Waals surface area contributed by atoms with Gasteiger partial charge in [-0.15, -0.1) is 0 Å². The summed E-state index contributed by atoms with van der Waals surface area (Å²) in [6.45, 7) is -0.143. The van der Waals surface area contributed by atoms with Crippen LogP contribution in [0.25, 0.3) is 10.9 Å². The normalized spacial score (nSPS) is 11.9. The van der Waals surface area contributed by atoms with E-state index in [0.717, 1.165) is 15.3 Å². The highest BCUT2D eigenvalue weighted by Gasteiger charge is 2.13. The van der Waals surface area contributed by atoms with Gasteiger partial charge < -0.3 is 0 Å². The Labute approximate surface area is 123 Å². The molecule has 0 unspecified atom stereocenters. The summed E-state index contributed by atoms with van der Waals surface area (Å²) >= 11 is 3.29. The molecule has 0 saturated carbocycles. The van der Waals surface area contributed by atoms with E-state index in [1.807, 2.05) is 0 Å². The number of rotatable bonds is 3. The number of benzene rings is 1. The fourth-order valence-electron chi connectivity index (χ4n) is 1.93. The second-order valence-electron chi connectivity index (χ2n) is 4.59. The zero-order valence-corrected chi connectivity index (χ0v) is 13.4. The molecule has 0 saturated heterocycles. The van der Waals surface area contributed by atoms with E-state index in [0.29, 0.717) is 10.9 Å². The van der Waals surface area contributed by atoms with Crippen LogP contribution >= 0.6 is 15.9 Å². The lowest BCUT2D eigenvalue weighted by Crippen LogP contribution is -2.40. The minimum Gasteiger partial charge on any atom is -0.296 e. The fourth-order valence-corrected chi connectivity index (χ4v) is 2.80. The third-order valence-electron chi connectivity index (χ3n) is 3.00. The highest BCUT2D eigenvalue weighted by atomic mass is 79.9. The first-order valence-corrected chi connectivity index (χ1v) is 8.63. The molecule has 0 atom stereocenters. The van der Waals surface area contributed by atoms with Crippen LogP contribution in [0.15, 0.2) is 32.3 Å². The van der Waals surface area contributed by atoms with Gasteiger partial charge in [-0.2, -0.15) is 0 Å². The third kappa shape index (κ3) is 2.85. The van der Waals surface area contributed by atoms with Crippen LogP contribution < -0.4 is 11.2 Å². The van der Waals surface area contributed by atoms with Crippen molar-refractivity contribution >= 4 is 36.7 Å². The zero-order valence-electron chi connectivity index (χ0n) is 11.0. The number of hydrogen-bond acceptors (Lipinski definition) is 4. The molecule has 1 aromatic heterocycles. The van der Waals surface area contributed by atoms with Crippen LogP contribution in [0.3, 0.4) is 0 Å². The van der Waals surface area contributed by atoms with Crippen LogP contribution in [-0.4, -0.2) is 29.6 Å². The first kappa shape index (κ1) is 15.0. The van der Waals surface area contributed by atoms with E-state index in [9.17, 15) is 18.0 Å². The molecule has 0 aliphatic carbocycles. The van der Waals surface area contributed by atoms with Crippen LogP contribution in [0.5, 0.6) is 0 Å². The Morgan fingerprint density at radius 3 is 2.50 bits per heavy atom. The average molecular weight is 361 g/mol. The predicted octanol–water partition coefficient (Wildman–Crippen LogP) is 0.507. The zero-order chi connectivity index (χ0) is 15.1. The molecule has 1 aromatic carbocycles. The molecule has 0 amide bonds. The fraction of sp³-hybridized carbons (Fsp3) is 0.333. The summed E-state index contributed by atoms with van der Waals surface area (Å²) in [4.78, 5) is 24.4. The van der Waals surface area contributed by atoms with Gasteiger partial charge in [0, 0.05) is 24.3 Å². The maximum absolute atomic E-state index is 12.3. The lowest BCUT2D eigenvalue weighted by Gasteiger charge is -2.10. The molecule has 1 heterocycles. The maximum atomic E-state index is 12.3. The summed E-state index contributed by atoms with van der Waals surface area (Å²) in [6, 6.07) is 4.99. The van der Waals surface area contributed by atoms with Gasteiger partial charge in [0.2, 0.25) is 0 Å². The first-order valence-electron chi connectivity index (χ1n) is 5.77. The smallest absolute Gasteiger partial charge is 0.296 e. The van der Waals surface area contributed by atoms with Gasteiger partial charge in [0.1, 0.15) is 9.84 Å². The molecule has 2 aromatic rings. The topological polar surface area (TPSA) is 78.1 Å². The summed E-state index contributed by atoms with van der Waals surface area (Å²) in [5, 5.41) is 0.379. The Hall–Kier alpha value is -1.41. The number of nitrogens with zero attached hydrogens (tertiary/aromatic N) is 2. The highest BCUT2D eigenvalue weighted by Crippen LogP contribution is 2.15. The Morgan fingerprint density at radius 1 is 1.25 bits per heavy atom. The van der Waals surface area contributed by atoms with Crippen molar-refractivity contribution in [3.05, 3.63) is 43.5 Å². The molecule has 0 radical (unpaired) electrons. The second kappa shape index (κ2) is 5.17. The SMILES string of the molecule is Cn1c(=O)n(CCS(C)(=O)=O)c(=O)c2ccc(Br)cc21. The Morgan fingerprint density at radius 2 is 1.90 bits per heavy atom. The van der Waals surface area contributed by atoms with Gasteiger partial charge in [-0.25, -0.2) is 13.2 Å². The van der Waals surface area contributed by atoms with Crippen LogP contribution in [0.4, 0.5) is 0 Å². The predicted molar refractivity (Wildman–Crippen MR) is 80.9 cm³/mol. The van der Waals surface area contributed by atoms with Crippen molar-refractivity contribution in [2.75, 3.05) is 12.0 Å². The minimum absolute atomic E-state index is 0.143. The lowest BCUT2D eigenvalue weighted by molar-refractivity contribution is 0.584. The maximum Gasteiger partial charge on any atom is 0.331 e. The van der Waals surface area contributed by atoms with Crippen molar-refractivity contribution in [2.45, 2.75) is 6.54 Å². The van der Waals surface area contributed by atoms with Crippen LogP contribution in [-0.2, 0) is 23.4 Å². The number of halogens is 1. The monoisotopic (exact) mass is 360 g/mol. The molecule has 2 rings (SSSR count). The molecule has 0 bridgehead atoms. The van der Waals surface area contributed by atoms with Crippen molar-refractivity contribution in [2.24, 2.45) is 7.05 Å². The molecule has 8 heteroatoms. The molecule has 20 heavy (non-hydrogen) atoms. The van der Waals surface area contributed by atoms with Crippen molar-refractivity contribution in [3.8, 4) is 0 Å². The van der Waals surface area contributed by atoms with Crippen LogP contribution in [0.1, 0.15) is 0 Å². The Kier molecular flexibility index (Phi) is 3.88. The molecule has 108 valence electrons. The molecule has 0 aliphatic heterocycles. The first-order chi connectivity index (χ1) is 9.20.